The van der Waals surface area contributed by atoms with Crippen molar-refractivity contribution >= 4 is 23.3 Å². The van der Waals surface area contributed by atoms with Crippen molar-refractivity contribution in [1.82, 2.24) is 15.5 Å². The Morgan fingerprint density at radius 3 is 2.79 bits per heavy atom. The largest absolute Gasteiger partial charge is 0.358 e. The van der Waals surface area contributed by atoms with Crippen molar-refractivity contribution in [3.05, 3.63) is 17.3 Å². The minimum absolute atomic E-state index is 0.0794. The van der Waals surface area contributed by atoms with Crippen LogP contribution in [-0.4, -0.2) is 36.7 Å². The van der Waals surface area contributed by atoms with Gasteiger partial charge in [0.1, 0.15) is 0 Å². The molecule has 1 heterocycles. The fourth-order valence-corrected chi connectivity index (χ4v) is 0.989. The molecular formula is C8H11ClN4O. The highest BCUT2D eigenvalue weighted by Crippen LogP contribution is 2.09. The summed E-state index contributed by atoms with van der Waals surface area (Å²) in [7, 11) is 3.34. The second-order valence-electron chi connectivity index (χ2n) is 2.74. The molecule has 0 aromatic carbocycles. The molecule has 1 amide bonds. The lowest BCUT2D eigenvalue weighted by atomic mass is 10.4. The Bertz CT molecular complexity index is 314. The number of likely N-dealkylation sites (N-methyl/N-ethyl adjacent to an activating group) is 2. The van der Waals surface area contributed by atoms with Crippen molar-refractivity contribution in [2.75, 3.05) is 25.5 Å². The van der Waals surface area contributed by atoms with Gasteiger partial charge in [-0.3, -0.25) is 4.79 Å². The number of hydrogen-bond acceptors (Lipinski definition) is 4. The first kappa shape index (κ1) is 10.7. The SMILES string of the molecule is CNC(=O)CN(C)c1ccc(Cl)nn1. The Balaban J connectivity index is 2.65. The molecule has 0 radical (unpaired) electrons. The first-order valence-electron chi connectivity index (χ1n) is 4.04. The molecule has 1 N–H and O–H groups in total. The monoisotopic (exact) mass is 214 g/mol. The van der Waals surface area contributed by atoms with Crippen molar-refractivity contribution in [3.8, 4) is 0 Å². The van der Waals surface area contributed by atoms with Gasteiger partial charge in [-0.2, -0.15) is 0 Å². The maximum atomic E-state index is 11.0. The number of halogens is 1. The van der Waals surface area contributed by atoms with E-state index in [9.17, 15) is 4.79 Å². The Hall–Kier alpha value is -1.36. The lowest BCUT2D eigenvalue weighted by Crippen LogP contribution is -2.33. The van der Waals surface area contributed by atoms with Gasteiger partial charge in [-0.05, 0) is 12.1 Å². The fourth-order valence-electron chi connectivity index (χ4n) is 0.888. The van der Waals surface area contributed by atoms with E-state index >= 15 is 0 Å². The Labute approximate surface area is 87.1 Å². The van der Waals surface area contributed by atoms with Crippen LogP contribution in [0.4, 0.5) is 5.82 Å². The summed E-state index contributed by atoms with van der Waals surface area (Å²) in [6.07, 6.45) is 0. The van der Waals surface area contributed by atoms with Gasteiger partial charge in [0.2, 0.25) is 5.91 Å². The molecule has 0 unspecified atom stereocenters. The summed E-state index contributed by atoms with van der Waals surface area (Å²) in [6, 6.07) is 3.34. The molecule has 0 spiro atoms. The van der Waals surface area contributed by atoms with E-state index < -0.39 is 0 Å². The van der Waals surface area contributed by atoms with E-state index in [1.807, 2.05) is 0 Å². The Morgan fingerprint density at radius 1 is 1.57 bits per heavy atom. The third-order valence-electron chi connectivity index (χ3n) is 1.67. The Kier molecular flexibility index (Phi) is 3.64. The average Bonchev–Trinajstić information content (AvgIpc) is 2.18. The molecule has 0 saturated heterocycles. The van der Waals surface area contributed by atoms with E-state index in [1.165, 1.54) is 0 Å². The van der Waals surface area contributed by atoms with Crippen molar-refractivity contribution in [2.24, 2.45) is 0 Å². The van der Waals surface area contributed by atoms with Gasteiger partial charge in [0.05, 0.1) is 6.54 Å². The number of carbonyl (C=O) groups excluding carboxylic acids is 1. The van der Waals surface area contributed by atoms with E-state index in [2.05, 4.69) is 15.5 Å². The number of hydrogen-bond donors (Lipinski definition) is 1. The zero-order valence-electron chi connectivity index (χ0n) is 7.99. The van der Waals surface area contributed by atoms with Gasteiger partial charge in [0.25, 0.3) is 0 Å². The van der Waals surface area contributed by atoms with Crippen LogP contribution >= 0.6 is 11.6 Å². The standard InChI is InChI=1S/C8H11ClN4O/c1-10-8(14)5-13(2)7-4-3-6(9)11-12-7/h3-4H,5H2,1-2H3,(H,10,14). The molecule has 1 rings (SSSR count). The van der Waals surface area contributed by atoms with Crippen LogP contribution in [0.1, 0.15) is 0 Å². The van der Waals surface area contributed by atoms with Crippen LogP contribution in [0.3, 0.4) is 0 Å². The van der Waals surface area contributed by atoms with E-state index in [4.69, 9.17) is 11.6 Å². The smallest absolute Gasteiger partial charge is 0.239 e. The number of nitrogens with zero attached hydrogens (tertiary/aromatic N) is 3. The molecule has 0 saturated carbocycles. The first-order valence-corrected chi connectivity index (χ1v) is 4.42. The third kappa shape index (κ3) is 2.85. The zero-order valence-corrected chi connectivity index (χ0v) is 8.75. The molecule has 76 valence electrons. The van der Waals surface area contributed by atoms with Crippen LogP contribution in [0.25, 0.3) is 0 Å². The summed E-state index contributed by atoms with van der Waals surface area (Å²) in [5.41, 5.74) is 0. The van der Waals surface area contributed by atoms with E-state index in [-0.39, 0.29) is 12.5 Å². The van der Waals surface area contributed by atoms with E-state index in [1.54, 1.807) is 31.1 Å². The summed E-state index contributed by atoms with van der Waals surface area (Å²) in [6.45, 7) is 0.243. The first-order chi connectivity index (χ1) is 6.63. The maximum absolute atomic E-state index is 11.0. The molecule has 5 nitrogen and oxygen atoms in total. The topological polar surface area (TPSA) is 58.1 Å². The van der Waals surface area contributed by atoms with E-state index in [0.717, 1.165) is 0 Å². The molecule has 1 aromatic rings. The van der Waals surface area contributed by atoms with Crippen LogP contribution < -0.4 is 10.2 Å². The summed E-state index contributed by atoms with van der Waals surface area (Å²) < 4.78 is 0. The van der Waals surface area contributed by atoms with Crippen molar-refractivity contribution in [3.63, 3.8) is 0 Å². The highest BCUT2D eigenvalue weighted by atomic mass is 35.5. The molecule has 6 heteroatoms. The van der Waals surface area contributed by atoms with Gasteiger partial charge in [-0.25, -0.2) is 0 Å². The number of aromatic nitrogens is 2. The van der Waals surface area contributed by atoms with Gasteiger partial charge in [0, 0.05) is 14.1 Å². The second kappa shape index (κ2) is 4.76. The molecule has 0 atom stereocenters. The van der Waals surface area contributed by atoms with Gasteiger partial charge >= 0.3 is 0 Å². The van der Waals surface area contributed by atoms with Gasteiger partial charge < -0.3 is 10.2 Å². The summed E-state index contributed by atoms with van der Waals surface area (Å²) >= 11 is 5.58. The molecule has 0 aliphatic carbocycles. The molecule has 0 fully saturated rings. The summed E-state index contributed by atoms with van der Waals surface area (Å²) in [4.78, 5) is 12.7. The van der Waals surface area contributed by atoms with Gasteiger partial charge in [-0.1, -0.05) is 11.6 Å². The predicted molar refractivity (Wildman–Crippen MR) is 54.4 cm³/mol. The van der Waals surface area contributed by atoms with Crippen LogP contribution in [0.15, 0.2) is 12.1 Å². The number of anilines is 1. The normalized spacial score (nSPS) is 9.64. The minimum Gasteiger partial charge on any atom is -0.358 e. The number of carbonyl (C=O) groups is 1. The lowest BCUT2D eigenvalue weighted by molar-refractivity contribution is -0.119. The molecule has 0 aliphatic heterocycles. The quantitative estimate of drug-likeness (QED) is 0.787. The van der Waals surface area contributed by atoms with Gasteiger partial charge in [-0.15, -0.1) is 10.2 Å². The van der Waals surface area contributed by atoms with Crippen LogP contribution in [0.5, 0.6) is 0 Å². The Morgan fingerprint density at radius 2 is 2.29 bits per heavy atom. The average molecular weight is 215 g/mol. The third-order valence-corrected chi connectivity index (χ3v) is 1.87. The van der Waals surface area contributed by atoms with Crippen molar-refractivity contribution in [1.29, 1.82) is 0 Å². The minimum atomic E-state index is -0.0794. The molecule has 1 aromatic heterocycles. The number of nitrogens with one attached hydrogen (secondary N) is 1. The molecule has 14 heavy (non-hydrogen) atoms. The molecule has 0 aliphatic rings. The highest BCUT2D eigenvalue weighted by Gasteiger charge is 2.06. The van der Waals surface area contributed by atoms with Crippen LogP contribution in [0.2, 0.25) is 5.15 Å². The van der Waals surface area contributed by atoms with Crippen LogP contribution in [-0.2, 0) is 4.79 Å². The van der Waals surface area contributed by atoms with Crippen LogP contribution in [0, 0.1) is 0 Å². The second-order valence-corrected chi connectivity index (χ2v) is 3.13. The molecule has 0 bridgehead atoms. The zero-order chi connectivity index (χ0) is 10.6. The number of rotatable bonds is 3. The summed E-state index contributed by atoms with van der Waals surface area (Å²) in [5, 5.41) is 10.4. The van der Waals surface area contributed by atoms with E-state index in [0.29, 0.717) is 11.0 Å². The van der Waals surface area contributed by atoms with Crippen molar-refractivity contribution < 1.29 is 4.79 Å². The van der Waals surface area contributed by atoms with Gasteiger partial charge in [0.15, 0.2) is 11.0 Å². The maximum Gasteiger partial charge on any atom is 0.239 e. The highest BCUT2D eigenvalue weighted by molar-refractivity contribution is 6.29. The fraction of sp³-hybridized carbons (Fsp3) is 0.375. The predicted octanol–water partition coefficient (Wildman–Crippen LogP) is 0.312. The lowest BCUT2D eigenvalue weighted by Gasteiger charge is -2.15. The summed E-state index contributed by atoms with van der Waals surface area (Å²) in [5.74, 6) is 0.530. The molecular weight excluding hydrogens is 204 g/mol. The number of amides is 1. The van der Waals surface area contributed by atoms with Crippen molar-refractivity contribution in [2.45, 2.75) is 0 Å².